The highest BCUT2D eigenvalue weighted by Crippen LogP contribution is 2.29. The summed E-state index contributed by atoms with van der Waals surface area (Å²) in [6.07, 6.45) is 2.13. The molecule has 1 fully saturated rings. The number of rotatable bonds is 5. The molecule has 0 unspecified atom stereocenters. The summed E-state index contributed by atoms with van der Waals surface area (Å²) in [5.41, 5.74) is 2.93. The molecule has 1 N–H and O–H groups in total. The Balaban J connectivity index is 2.00. The number of aryl methyl sites for hydroxylation is 1. The van der Waals surface area contributed by atoms with Crippen molar-refractivity contribution >= 4 is 27.3 Å². The Kier molecular flexibility index (Phi) is 5.53. The average molecular weight is 388 g/mol. The van der Waals surface area contributed by atoms with Crippen LogP contribution in [0.4, 0.5) is 11.4 Å². The van der Waals surface area contributed by atoms with Crippen molar-refractivity contribution in [2.45, 2.75) is 24.7 Å². The maximum atomic E-state index is 13.0. The van der Waals surface area contributed by atoms with Crippen LogP contribution in [0.2, 0.25) is 0 Å². The largest absolute Gasteiger partial charge is 0.371 e. The Morgan fingerprint density at radius 1 is 1.04 bits per heavy atom. The van der Waals surface area contributed by atoms with Crippen LogP contribution >= 0.6 is 0 Å². The van der Waals surface area contributed by atoms with Crippen molar-refractivity contribution in [1.29, 1.82) is 0 Å². The number of hydrogen-bond donors (Lipinski definition) is 1. The Labute approximate surface area is 160 Å². The number of sulfonamides is 1. The van der Waals surface area contributed by atoms with E-state index < -0.39 is 10.0 Å². The van der Waals surface area contributed by atoms with Crippen LogP contribution < -0.4 is 10.2 Å². The van der Waals surface area contributed by atoms with Gasteiger partial charge in [0.1, 0.15) is 0 Å². The third-order valence-electron chi connectivity index (χ3n) is 4.75. The van der Waals surface area contributed by atoms with Crippen LogP contribution in [0.1, 0.15) is 28.8 Å². The number of carbonyl (C=O) groups is 1. The molecule has 0 spiro atoms. The highest BCUT2D eigenvalue weighted by atomic mass is 32.2. The summed E-state index contributed by atoms with van der Waals surface area (Å²) in [6, 6.07) is 12.3. The topological polar surface area (TPSA) is 69.7 Å². The molecule has 3 rings (SSSR count). The molecule has 144 valence electrons. The van der Waals surface area contributed by atoms with E-state index in [0.717, 1.165) is 41.5 Å². The molecular formula is C20H25N3O3S. The number of hydrogen-bond acceptors (Lipinski definition) is 4. The van der Waals surface area contributed by atoms with Crippen LogP contribution in [-0.2, 0) is 10.0 Å². The highest BCUT2D eigenvalue weighted by Gasteiger charge is 2.24. The van der Waals surface area contributed by atoms with Gasteiger partial charge in [0.25, 0.3) is 5.91 Å². The lowest BCUT2D eigenvalue weighted by Crippen LogP contribution is -2.25. The van der Waals surface area contributed by atoms with Gasteiger partial charge in [-0.1, -0.05) is 17.7 Å². The van der Waals surface area contributed by atoms with Crippen molar-refractivity contribution in [2.75, 3.05) is 37.4 Å². The lowest BCUT2D eigenvalue weighted by molar-refractivity contribution is 0.102. The fourth-order valence-electron chi connectivity index (χ4n) is 3.14. The van der Waals surface area contributed by atoms with Gasteiger partial charge >= 0.3 is 0 Å². The molecule has 1 amide bonds. The third-order valence-corrected chi connectivity index (χ3v) is 6.56. The van der Waals surface area contributed by atoms with Gasteiger partial charge in [-0.15, -0.1) is 0 Å². The maximum absolute atomic E-state index is 13.0. The summed E-state index contributed by atoms with van der Waals surface area (Å²) in [5.74, 6) is -0.309. The van der Waals surface area contributed by atoms with Crippen molar-refractivity contribution in [3.63, 3.8) is 0 Å². The lowest BCUT2D eigenvalue weighted by Gasteiger charge is -2.22. The molecule has 2 aromatic carbocycles. The minimum absolute atomic E-state index is 0.115. The molecule has 0 bridgehead atoms. The van der Waals surface area contributed by atoms with Gasteiger partial charge in [-0.2, -0.15) is 0 Å². The van der Waals surface area contributed by atoms with Gasteiger partial charge in [-0.25, -0.2) is 12.7 Å². The van der Waals surface area contributed by atoms with E-state index in [4.69, 9.17) is 0 Å². The summed E-state index contributed by atoms with van der Waals surface area (Å²) >= 11 is 0. The monoisotopic (exact) mass is 387 g/mol. The molecule has 0 aromatic heterocycles. The Hall–Kier alpha value is -2.38. The molecule has 0 atom stereocenters. The first-order valence-corrected chi connectivity index (χ1v) is 10.4. The number of nitrogens with zero attached hydrogens (tertiary/aromatic N) is 2. The summed E-state index contributed by atoms with van der Waals surface area (Å²) in [7, 11) is -0.653. The second-order valence-electron chi connectivity index (χ2n) is 6.98. The Morgan fingerprint density at radius 2 is 1.67 bits per heavy atom. The summed E-state index contributed by atoms with van der Waals surface area (Å²) in [5, 5.41) is 2.88. The van der Waals surface area contributed by atoms with Gasteiger partial charge < -0.3 is 10.2 Å². The van der Waals surface area contributed by atoms with Crippen molar-refractivity contribution < 1.29 is 13.2 Å². The first-order valence-electron chi connectivity index (χ1n) is 8.98. The Bertz CT molecular complexity index is 931. The van der Waals surface area contributed by atoms with Gasteiger partial charge in [-0.05, 0) is 50.1 Å². The summed E-state index contributed by atoms with van der Waals surface area (Å²) in [4.78, 5) is 15.2. The average Bonchev–Trinajstić information content (AvgIpc) is 3.17. The molecule has 0 radical (unpaired) electrons. The van der Waals surface area contributed by atoms with Crippen molar-refractivity contribution in [3.05, 3.63) is 53.6 Å². The predicted molar refractivity (Wildman–Crippen MR) is 108 cm³/mol. The smallest absolute Gasteiger partial charge is 0.257 e. The second-order valence-corrected chi connectivity index (χ2v) is 9.13. The molecule has 0 saturated carbocycles. The van der Waals surface area contributed by atoms with Crippen LogP contribution in [0.5, 0.6) is 0 Å². The number of nitrogens with one attached hydrogen (secondary N) is 1. The maximum Gasteiger partial charge on any atom is 0.257 e. The molecule has 1 aliphatic heterocycles. The SMILES string of the molecule is Cc1ccc(NC(=O)c2cc(S(=O)(=O)N(C)C)ccc2N2CCCC2)cc1. The van der Waals surface area contributed by atoms with Gasteiger partial charge in [-0.3, -0.25) is 4.79 Å². The van der Waals surface area contributed by atoms with Crippen LogP contribution in [-0.4, -0.2) is 45.8 Å². The van der Waals surface area contributed by atoms with E-state index >= 15 is 0 Å². The van der Waals surface area contributed by atoms with E-state index in [1.54, 1.807) is 12.1 Å². The number of benzene rings is 2. The van der Waals surface area contributed by atoms with Crippen LogP contribution in [0, 0.1) is 6.92 Å². The van der Waals surface area contributed by atoms with Gasteiger partial charge in [0, 0.05) is 38.6 Å². The van der Waals surface area contributed by atoms with Gasteiger partial charge in [0.05, 0.1) is 10.5 Å². The molecule has 1 aliphatic rings. The van der Waals surface area contributed by atoms with E-state index in [9.17, 15) is 13.2 Å². The van der Waals surface area contributed by atoms with Crippen molar-refractivity contribution in [3.8, 4) is 0 Å². The molecule has 27 heavy (non-hydrogen) atoms. The molecule has 7 heteroatoms. The van der Waals surface area contributed by atoms with Gasteiger partial charge in [0.15, 0.2) is 0 Å². The van der Waals surface area contributed by atoms with Crippen LogP contribution in [0.25, 0.3) is 0 Å². The summed E-state index contributed by atoms with van der Waals surface area (Å²) in [6.45, 7) is 3.71. The fourth-order valence-corrected chi connectivity index (χ4v) is 4.07. The minimum Gasteiger partial charge on any atom is -0.371 e. The zero-order valence-corrected chi connectivity index (χ0v) is 16.7. The zero-order chi connectivity index (χ0) is 19.6. The highest BCUT2D eigenvalue weighted by molar-refractivity contribution is 7.89. The number of amides is 1. The van der Waals surface area contributed by atoms with E-state index in [-0.39, 0.29) is 10.8 Å². The molecule has 0 aliphatic carbocycles. The van der Waals surface area contributed by atoms with E-state index in [1.165, 1.54) is 20.2 Å². The predicted octanol–water partition coefficient (Wildman–Crippen LogP) is 3.10. The van der Waals surface area contributed by atoms with Crippen LogP contribution in [0.15, 0.2) is 47.4 Å². The first kappa shape index (κ1) is 19.4. The van der Waals surface area contributed by atoms with E-state index in [0.29, 0.717) is 11.3 Å². The third kappa shape index (κ3) is 4.14. The second kappa shape index (κ2) is 7.70. The summed E-state index contributed by atoms with van der Waals surface area (Å²) < 4.78 is 26.2. The van der Waals surface area contributed by atoms with E-state index in [1.807, 2.05) is 31.2 Å². The van der Waals surface area contributed by atoms with Gasteiger partial charge in [0.2, 0.25) is 10.0 Å². The minimum atomic E-state index is -3.62. The number of anilines is 2. The number of carbonyl (C=O) groups excluding carboxylic acids is 1. The van der Waals surface area contributed by atoms with E-state index in [2.05, 4.69) is 10.2 Å². The molecule has 1 heterocycles. The molecular weight excluding hydrogens is 362 g/mol. The fraction of sp³-hybridized carbons (Fsp3) is 0.350. The standard InChI is InChI=1S/C20H25N3O3S/c1-15-6-8-16(9-7-15)21-20(24)18-14-17(27(25,26)22(2)3)10-11-19(18)23-12-4-5-13-23/h6-11,14H,4-5,12-13H2,1-3H3,(H,21,24). The Morgan fingerprint density at radius 3 is 2.26 bits per heavy atom. The first-order chi connectivity index (χ1) is 12.8. The van der Waals surface area contributed by atoms with Crippen molar-refractivity contribution in [2.24, 2.45) is 0 Å². The van der Waals surface area contributed by atoms with Crippen molar-refractivity contribution in [1.82, 2.24) is 4.31 Å². The van der Waals surface area contributed by atoms with Crippen LogP contribution in [0.3, 0.4) is 0 Å². The quantitative estimate of drug-likeness (QED) is 0.856. The normalized spacial score (nSPS) is 14.6. The molecule has 6 nitrogen and oxygen atoms in total. The molecule has 2 aromatic rings. The zero-order valence-electron chi connectivity index (χ0n) is 15.9. The molecule has 1 saturated heterocycles. The lowest BCUT2D eigenvalue weighted by atomic mass is 10.1.